The van der Waals surface area contributed by atoms with E-state index >= 15 is 19.2 Å². The van der Waals surface area contributed by atoms with E-state index in [1.54, 1.807) is 75.3 Å². The molecule has 1 saturated heterocycles. The number of hydrogen-bond donors (Lipinski definition) is 2. The van der Waals surface area contributed by atoms with E-state index in [4.69, 9.17) is 4.74 Å². The van der Waals surface area contributed by atoms with Crippen molar-refractivity contribution in [3.63, 3.8) is 0 Å². The van der Waals surface area contributed by atoms with Crippen molar-refractivity contribution in [3.8, 4) is 0 Å². The molecule has 0 aromatic heterocycles. The number of esters is 1. The maximum Gasteiger partial charge on any atom is 0.303 e. The molecule has 1 aliphatic heterocycles. The summed E-state index contributed by atoms with van der Waals surface area (Å²) < 4.78 is 5.96. The Morgan fingerprint density at radius 1 is 0.538 bits per heavy atom. The number of carbonyl (C=O) groups is 12. The molecule has 520 valence electrons. The van der Waals surface area contributed by atoms with E-state index in [0.29, 0.717) is 6.42 Å². The van der Waals surface area contributed by atoms with Crippen molar-refractivity contribution in [2.75, 3.05) is 55.9 Å². The number of likely N-dealkylation sites (N-methyl/N-ethyl adjacent to an activating group) is 7. The number of ketones is 3. The number of allylic oxidation sites excluding steroid dienone is 2. The van der Waals surface area contributed by atoms with E-state index in [2.05, 4.69) is 5.32 Å². The van der Waals surface area contributed by atoms with Crippen LogP contribution in [0.1, 0.15) is 189 Å². The second-order valence-electron chi connectivity index (χ2n) is 28.2. The third-order valence-corrected chi connectivity index (χ3v) is 18.4. The van der Waals surface area contributed by atoms with Crippen molar-refractivity contribution >= 4 is 70.6 Å². The van der Waals surface area contributed by atoms with Crippen molar-refractivity contribution in [3.05, 3.63) is 12.2 Å². The van der Waals surface area contributed by atoms with Crippen LogP contribution in [0.4, 0.5) is 0 Å². The minimum Gasteiger partial charge on any atom is -0.459 e. The summed E-state index contributed by atoms with van der Waals surface area (Å²) in [6.45, 7) is 31.0. The van der Waals surface area contributed by atoms with Gasteiger partial charge in [-0.05, 0) is 100 Å². The Bertz CT molecular complexity index is 2520. The molecule has 1 unspecified atom stereocenters. The molecular formula is C69H120N8O14. The first-order valence-electron chi connectivity index (χ1n) is 33.2. The standard InChI is InChI=1S/C69H120N8O14/c1-26-28-30-45(14)61(91-49(18)79)60-62(83)70-51(27-2)66(87)71(19)48(17)64(85)76(24)59(44(13)31-29-32-78)57(82)38-50(42(9)10)65(86)72(20)52(33-39(3)4)56(81)36-46(15)55(80)37-47(16)63(84)73(21)53(34-40(5)6)67(88)74(22)54(35-41(7)8)68(89)75(23)58(43(11)12)69(90)77(60)25/h26,28,39-48,50-54,58-61,78H,27,29-38H2,1-25H3,(H,70,83)/b28-26+/t44-,45-,46-,47+,48-,50+,51+,52+,53+,54+,58+,59?,60+,61-/m1/s1. The molecule has 1 aliphatic rings. The van der Waals surface area contributed by atoms with Gasteiger partial charge in [-0.15, -0.1) is 0 Å². The molecule has 0 aromatic rings. The summed E-state index contributed by atoms with van der Waals surface area (Å²) in [5.74, 6) is -12.5. The fourth-order valence-corrected chi connectivity index (χ4v) is 12.5. The number of hydrogen-bond acceptors (Lipinski definition) is 14. The molecule has 0 radical (unpaired) electrons. The molecule has 0 aromatic carbocycles. The normalized spacial score (nSPS) is 27.2. The Hall–Kier alpha value is -6.06. The summed E-state index contributed by atoms with van der Waals surface area (Å²) >= 11 is 0. The maximum atomic E-state index is 15.5. The van der Waals surface area contributed by atoms with Crippen LogP contribution in [0, 0.1) is 59.2 Å². The summed E-state index contributed by atoms with van der Waals surface area (Å²) in [6.07, 6.45) is 2.86. The smallest absolute Gasteiger partial charge is 0.303 e. The molecule has 8 amide bonds. The van der Waals surface area contributed by atoms with Gasteiger partial charge in [-0.25, -0.2) is 0 Å². The Kier molecular flexibility index (Phi) is 34.8. The summed E-state index contributed by atoms with van der Waals surface area (Å²) in [4.78, 5) is 186. The molecule has 1 heterocycles. The fraction of sp³-hybridized carbons (Fsp3) is 0.797. The number of aliphatic hydroxyl groups excluding tert-OH is 1. The fourth-order valence-electron chi connectivity index (χ4n) is 12.5. The lowest BCUT2D eigenvalue weighted by molar-refractivity contribution is -0.164. The molecule has 14 atom stereocenters. The van der Waals surface area contributed by atoms with Gasteiger partial charge in [-0.1, -0.05) is 116 Å². The van der Waals surface area contributed by atoms with Gasteiger partial charge in [0.25, 0.3) is 0 Å². The minimum atomic E-state index is -1.62. The molecule has 0 bridgehead atoms. The van der Waals surface area contributed by atoms with Crippen LogP contribution in [-0.4, -0.2) is 220 Å². The molecule has 22 heteroatoms. The summed E-state index contributed by atoms with van der Waals surface area (Å²) in [6, 6.07) is -9.90. The number of nitrogens with zero attached hydrogens (tertiary/aromatic N) is 7. The molecule has 1 rings (SSSR count). The Morgan fingerprint density at radius 2 is 1.00 bits per heavy atom. The summed E-state index contributed by atoms with van der Waals surface area (Å²) in [7, 11) is 10.1. The van der Waals surface area contributed by atoms with Gasteiger partial charge in [0.2, 0.25) is 47.3 Å². The molecule has 22 nitrogen and oxygen atoms in total. The van der Waals surface area contributed by atoms with Crippen molar-refractivity contribution in [2.45, 2.75) is 243 Å². The molecular weight excluding hydrogens is 1160 g/mol. The Morgan fingerprint density at radius 3 is 1.46 bits per heavy atom. The van der Waals surface area contributed by atoms with E-state index in [-0.39, 0.29) is 93.7 Å². The zero-order valence-electron chi connectivity index (χ0n) is 60.3. The predicted octanol–water partition coefficient (Wildman–Crippen LogP) is 6.86. The number of amides is 8. The van der Waals surface area contributed by atoms with Gasteiger partial charge in [-0.2, -0.15) is 0 Å². The van der Waals surface area contributed by atoms with Gasteiger partial charge in [0, 0.05) is 99.9 Å². The lowest BCUT2D eigenvalue weighted by atomic mass is 9.82. The zero-order chi connectivity index (χ0) is 70.5. The van der Waals surface area contributed by atoms with Gasteiger partial charge in [0.1, 0.15) is 48.1 Å². The molecule has 0 saturated carbocycles. The lowest BCUT2D eigenvalue weighted by Crippen LogP contribution is -2.64. The molecule has 1 fully saturated rings. The minimum absolute atomic E-state index is 0.0160. The van der Waals surface area contributed by atoms with Crippen molar-refractivity contribution < 1.29 is 67.4 Å². The quantitative estimate of drug-likeness (QED) is 0.105. The van der Waals surface area contributed by atoms with E-state index in [1.807, 2.05) is 47.6 Å². The van der Waals surface area contributed by atoms with E-state index in [9.17, 15) is 43.5 Å². The number of carbonyl (C=O) groups excluding carboxylic acids is 12. The monoisotopic (exact) mass is 1280 g/mol. The second-order valence-corrected chi connectivity index (χ2v) is 28.2. The summed E-state index contributed by atoms with van der Waals surface area (Å²) in [5.41, 5.74) is 0. The van der Waals surface area contributed by atoms with Gasteiger partial charge in [-0.3, -0.25) is 57.5 Å². The first-order valence-corrected chi connectivity index (χ1v) is 33.2. The first kappa shape index (κ1) is 83.0. The lowest BCUT2D eigenvalue weighted by Gasteiger charge is -2.42. The maximum absolute atomic E-state index is 15.5. The van der Waals surface area contributed by atoms with Crippen LogP contribution < -0.4 is 5.32 Å². The largest absolute Gasteiger partial charge is 0.459 e. The SMILES string of the molecule is C/C=C/C[C@@H](C)[C@@H](OC(C)=O)[C@H]1C(=O)N[C@@H](CC)C(=O)N(C)[C@H](C)C(=O)N(C)C([C@H](C)CCCO)C(=O)C[C@@H](C(C)C)C(=O)N(C)[C@@H](CC(C)C)C(=O)C[C@@H](C)C(=O)C[C@H](C)C(=O)N(C)[C@@H](CC(C)C)C(=O)N(C)[C@@H](CC(C)C)C(=O)N(C)[C@@H](C(C)C)C(=O)N1C. The van der Waals surface area contributed by atoms with Crippen LogP contribution in [0.25, 0.3) is 0 Å². The highest BCUT2D eigenvalue weighted by molar-refractivity contribution is 6.00. The highest BCUT2D eigenvalue weighted by Crippen LogP contribution is 2.30. The number of Topliss-reactive ketones (excluding diaryl/α,β-unsaturated/α-hetero) is 3. The van der Waals surface area contributed by atoms with Crippen LogP contribution in [0.3, 0.4) is 0 Å². The van der Waals surface area contributed by atoms with Gasteiger partial charge in [0.05, 0.1) is 12.1 Å². The molecule has 0 spiro atoms. The van der Waals surface area contributed by atoms with Gasteiger partial charge >= 0.3 is 5.97 Å². The zero-order valence-corrected chi connectivity index (χ0v) is 60.3. The highest BCUT2D eigenvalue weighted by atomic mass is 16.5. The topological polar surface area (TPSA) is 269 Å². The van der Waals surface area contributed by atoms with E-state index < -0.39 is 155 Å². The predicted molar refractivity (Wildman–Crippen MR) is 352 cm³/mol. The van der Waals surface area contributed by atoms with Crippen LogP contribution >= 0.6 is 0 Å². The molecule has 0 aliphatic carbocycles. The number of nitrogens with one attached hydrogen (secondary N) is 1. The van der Waals surface area contributed by atoms with E-state index in [1.165, 1.54) is 87.7 Å². The Balaban J connectivity index is 4.53. The number of ether oxygens (including phenoxy) is 1. The molecule has 91 heavy (non-hydrogen) atoms. The Labute approximate surface area is 546 Å². The summed E-state index contributed by atoms with van der Waals surface area (Å²) in [5, 5.41) is 12.7. The van der Waals surface area contributed by atoms with Gasteiger partial charge in [0.15, 0.2) is 11.6 Å². The average molecular weight is 1290 g/mol. The van der Waals surface area contributed by atoms with Gasteiger partial charge < -0.3 is 49.5 Å². The van der Waals surface area contributed by atoms with Crippen LogP contribution in [0.2, 0.25) is 0 Å². The van der Waals surface area contributed by atoms with Crippen LogP contribution in [0.15, 0.2) is 12.2 Å². The molecule has 2 N–H and O–H groups in total. The third kappa shape index (κ3) is 23.2. The first-order chi connectivity index (χ1) is 42.1. The van der Waals surface area contributed by atoms with E-state index in [0.717, 1.165) is 9.80 Å². The number of rotatable bonds is 18. The van der Waals surface area contributed by atoms with Crippen LogP contribution in [-0.2, 0) is 62.3 Å². The van der Waals surface area contributed by atoms with Crippen molar-refractivity contribution in [2.24, 2.45) is 59.2 Å². The average Bonchev–Trinajstić information content (AvgIpc) is 1.55. The second kappa shape index (κ2) is 38.2. The van der Waals surface area contributed by atoms with Crippen molar-refractivity contribution in [1.82, 2.24) is 39.6 Å². The number of aliphatic hydroxyl groups is 1. The third-order valence-electron chi connectivity index (χ3n) is 18.4. The van der Waals surface area contributed by atoms with Crippen LogP contribution in [0.5, 0.6) is 0 Å². The van der Waals surface area contributed by atoms with Crippen molar-refractivity contribution in [1.29, 1.82) is 0 Å². The highest BCUT2D eigenvalue weighted by Gasteiger charge is 2.47.